The van der Waals surface area contributed by atoms with Crippen molar-refractivity contribution >= 4 is 34.2 Å². The molecular formula is C7H5Cl2N3. The molecule has 5 heteroatoms. The zero-order valence-corrected chi connectivity index (χ0v) is 7.52. The Morgan fingerprint density at radius 3 is 3.00 bits per heavy atom. The number of pyridine rings is 1. The van der Waals surface area contributed by atoms with Crippen molar-refractivity contribution in [2.24, 2.45) is 0 Å². The number of alkyl halides is 1. The second-order valence-corrected chi connectivity index (χ2v) is 2.94. The maximum Gasteiger partial charge on any atom is 0.154 e. The summed E-state index contributed by atoms with van der Waals surface area (Å²) in [5, 5.41) is 0.427. The summed E-state index contributed by atoms with van der Waals surface area (Å²) in [7, 11) is 0. The van der Waals surface area contributed by atoms with E-state index < -0.39 is 0 Å². The lowest BCUT2D eigenvalue weighted by Crippen LogP contribution is -1.77. The summed E-state index contributed by atoms with van der Waals surface area (Å²) in [6.07, 6.45) is 1.61. The molecule has 0 aliphatic rings. The second kappa shape index (κ2) is 2.92. The highest BCUT2D eigenvalue weighted by molar-refractivity contribution is 6.33. The van der Waals surface area contributed by atoms with Crippen LogP contribution >= 0.6 is 23.2 Å². The Labute approximate surface area is 78.7 Å². The molecule has 2 aromatic rings. The van der Waals surface area contributed by atoms with Gasteiger partial charge in [-0.15, -0.1) is 11.6 Å². The molecule has 0 fully saturated rings. The average molecular weight is 202 g/mol. The third-order valence-corrected chi connectivity index (χ3v) is 2.07. The quantitative estimate of drug-likeness (QED) is 0.569. The summed E-state index contributed by atoms with van der Waals surface area (Å²) in [4.78, 5) is 11.1. The summed E-state index contributed by atoms with van der Waals surface area (Å²) in [6.45, 7) is 0. The Morgan fingerprint density at radius 2 is 2.33 bits per heavy atom. The van der Waals surface area contributed by atoms with Crippen LogP contribution in [-0.2, 0) is 5.88 Å². The Morgan fingerprint density at radius 1 is 1.50 bits per heavy atom. The predicted molar refractivity (Wildman–Crippen MR) is 48.5 cm³/mol. The molecule has 0 amide bonds. The van der Waals surface area contributed by atoms with Crippen LogP contribution in [0.5, 0.6) is 0 Å². The fourth-order valence-corrected chi connectivity index (χ4v) is 1.34. The fourth-order valence-electron chi connectivity index (χ4n) is 1.02. The van der Waals surface area contributed by atoms with Crippen LogP contribution in [0, 0.1) is 0 Å². The van der Waals surface area contributed by atoms with Crippen LogP contribution in [0.25, 0.3) is 11.0 Å². The van der Waals surface area contributed by atoms with Gasteiger partial charge in [-0.05, 0) is 6.07 Å². The van der Waals surface area contributed by atoms with Crippen molar-refractivity contribution in [3.05, 3.63) is 23.2 Å². The molecule has 2 heterocycles. The van der Waals surface area contributed by atoms with Gasteiger partial charge in [-0.3, -0.25) is 0 Å². The lowest BCUT2D eigenvalue weighted by Gasteiger charge is -1.88. The van der Waals surface area contributed by atoms with Gasteiger partial charge in [-0.2, -0.15) is 0 Å². The minimum absolute atomic E-state index is 0.352. The van der Waals surface area contributed by atoms with Gasteiger partial charge in [-0.25, -0.2) is 9.97 Å². The fraction of sp³-hybridized carbons (Fsp3) is 0.143. The maximum atomic E-state index is 5.80. The molecule has 0 atom stereocenters. The van der Waals surface area contributed by atoms with E-state index in [2.05, 4.69) is 15.0 Å². The van der Waals surface area contributed by atoms with Crippen molar-refractivity contribution in [3.63, 3.8) is 0 Å². The molecular weight excluding hydrogens is 197 g/mol. The number of aromatic nitrogens is 3. The van der Waals surface area contributed by atoms with E-state index >= 15 is 0 Å². The Hall–Kier alpha value is -0.800. The lowest BCUT2D eigenvalue weighted by molar-refractivity contribution is 1.13. The summed E-state index contributed by atoms with van der Waals surface area (Å²) in [5.74, 6) is 1.06. The van der Waals surface area contributed by atoms with Crippen molar-refractivity contribution < 1.29 is 0 Å². The summed E-state index contributed by atoms with van der Waals surface area (Å²) < 4.78 is 0. The maximum absolute atomic E-state index is 5.80. The molecule has 0 saturated heterocycles. The molecule has 0 unspecified atom stereocenters. The van der Waals surface area contributed by atoms with Gasteiger partial charge < -0.3 is 4.98 Å². The third-order valence-electron chi connectivity index (χ3n) is 1.53. The minimum Gasteiger partial charge on any atom is -0.338 e. The number of fused-ring (bicyclic) bond motifs is 1. The molecule has 3 nitrogen and oxygen atoms in total. The molecule has 62 valence electrons. The van der Waals surface area contributed by atoms with Crippen LogP contribution in [0.3, 0.4) is 0 Å². The second-order valence-electron chi connectivity index (χ2n) is 2.31. The first-order chi connectivity index (χ1) is 5.81. The average Bonchev–Trinajstić information content (AvgIpc) is 2.49. The molecule has 2 rings (SSSR count). The number of rotatable bonds is 1. The first kappa shape index (κ1) is 7.83. The molecule has 0 bridgehead atoms. The normalized spacial score (nSPS) is 10.8. The van der Waals surface area contributed by atoms with Crippen LogP contribution in [0.2, 0.25) is 5.15 Å². The van der Waals surface area contributed by atoms with Crippen molar-refractivity contribution in [3.8, 4) is 0 Å². The molecule has 2 aromatic heterocycles. The number of halogens is 2. The van der Waals surface area contributed by atoms with E-state index in [1.807, 2.05) is 0 Å². The SMILES string of the molecule is ClCc1nc2ccnc(Cl)c2[nH]1. The summed E-state index contributed by atoms with van der Waals surface area (Å²) in [6, 6.07) is 1.79. The van der Waals surface area contributed by atoms with Crippen LogP contribution in [-0.4, -0.2) is 15.0 Å². The Balaban J connectivity index is 2.74. The number of aromatic amines is 1. The standard InChI is InChI=1S/C7H5Cl2N3/c8-3-5-11-4-1-2-10-7(9)6(4)12-5/h1-2H,3H2,(H,11,12). The van der Waals surface area contributed by atoms with Crippen LogP contribution in [0.15, 0.2) is 12.3 Å². The summed E-state index contributed by atoms with van der Waals surface area (Å²) in [5.41, 5.74) is 1.54. The molecule has 12 heavy (non-hydrogen) atoms. The molecule has 0 aromatic carbocycles. The third kappa shape index (κ3) is 1.15. The van der Waals surface area contributed by atoms with Crippen molar-refractivity contribution in [1.29, 1.82) is 0 Å². The first-order valence-corrected chi connectivity index (χ1v) is 4.27. The van der Waals surface area contributed by atoms with Crippen LogP contribution in [0.4, 0.5) is 0 Å². The molecule has 0 aliphatic carbocycles. The number of H-pyrrole nitrogens is 1. The topological polar surface area (TPSA) is 41.6 Å². The van der Waals surface area contributed by atoms with Gasteiger partial charge in [0.05, 0.1) is 11.4 Å². The van der Waals surface area contributed by atoms with Gasteiger partial charge in [0.15, 0.2) is 5.15 Å². The molecule has 0 aliphatic heterocycles. The van der Waals surface area contributed by atoms with E-state index in [4.69, 9.17) is 23.2 Å². The van der Waals surface area contributed by atoms with E-state index in [1.54, 1.807) is 12.3 Å². The van der Waals surface area contributed by atoms with E-state index in [1.165, 1.54) is 0 Å². The zero-order valence-electron chi connectivity index (χ0n) is 6.01. The summed E-state index contributed by atoms with van der Waals surface area (Å²) >= 11 is 11.4. The van der Waals surface area contributed by atoms with Crippen molar-refractivity contribution in [1.82, 2.24) is 15.0 Å². The molecule has 1 N–H and O–H groups in total. The number of hydrogen-bond donors (Lipinski definition) is 1. The van der Waals surface area contributed by atoms with Crippen LogP contribution in [0.1, 0.15) is 5.82 Å². The highest BCUT2D eigenvalue weighted by Crippen LogP contribution is 2.18. The van der Waals surface area contributed by atoms with E-state index in [9.17, 15) is 0 Å². The van der Waals surface area contributed by atoms with Gasteiger partial charge in [0, 0.05) is 6.20 Å². The van der Waals surface area contributed by atoms with Crippen molar-refractivity contribution in [2.45, 2.75) is 5.88 Å². The lowest BCUT2D eigenvalue weighted by atomic mass is 10.4. The van der Waals surface area contributed by atoms with Gasteiger partial charge in [0.25, 0.3) is 0 Å². The highest BCUT2D eigenvalue weighted by Gasteiger charge is 2.04. The Kier molecular flexibility index (Phi) is 1.90. The largest absolute Gasteiger partial charge is 0.338 e. The monoisotopic (exact) mass is 201 g/mol. The highest BCUT2D eigenvalue weighted by atomic mass is 35.5. The predicted octanol–water partition coefficient (Wildman–Crippen LogP) is 2.35. The van der Waals surface area contributed by atoms with Gasteiger partial charge in [0.1, 0.15) is 11.3 Å². The van der Waals surface area contributed by atoms with Crippen molar-refractivity contribution in [2.75, 3.05) is 0 Å². The van der Waals surface area contributed by atoms with Gasteiger partial charge in [-0.1, -0.05) is 11.6 Å². The Bertz CT molecular complexity index is 410. The van der Waals surface area contributed by atoms with Gasteiger partial charge >= 0.3 is 0 Å². The number of imidazole rings is 1. The number of nitrogens with zero attached hydrogens (tertiary/aromatic N) is 2. The van der Waals surface area contributed by atoms with Gasteiger partial charge in [0.2, 0.25) is 0 Å². The number of nitrogens with one attached hydrogen (secondary N) is 1. The minimum atomic E-state index is 0.352. The smallest absolute Gasteiger partial charge is 0.154 e. The van der Waals surface area contributed by atoms with Crippen LogP contribution < -0.4 is 0 Å². The molecule has 0 spiro atoms. The van der Waals surface area contributed by atoms with E-state index in [-0.39, 0.29) is 0 Å². The first-order valence-electron chi connectivity index (χ1n) is 3.36. The number of hydrogen-bond acceptors (Lipinski definition) is 2. The van der Waals surface area contributed by atoms with E-state index in [0.717, 1.165) is 11.0 Å². The molecule has 0 saturated carbocycles. The molecule has 0 radical (unpaired) electrons. The van der Waals surface area contributed by atoms with E-state index in [0.29, 0.717) is 16.9 Å². The zero-order chi connectivity index (χ0) is 8.55.